The molecule has 7 heteroatoms. The second kappa shape index (κ2) is 9.87. The highest BCUT2D eigenvalue weighted by molar-refractivity contribution is 7.14. The van der Waals surface area contributed by atoms with E-state index in [4.69, 9.17) is 16.3 Å². The van der Waals surface area contributed by atoms with Crippen molar-refractivity contribution in [1.82, 2.24) is 4.98 Å². The summed E-state index contributed by atoms with van der Waals surface area (Å²) in [5, 5.41) is 15.0. The minimum absolute atomic E-state index is 0.0270. The summed E-state index contributed by atoms with van der Waals surface area (Å²) in [7, 11) is 0. The van der Waals surface area contributed by atoms with Crippen LogP contribution in [0.2, 0.25) is 5.02 Å². The van der Waals surface area contributed by atoms with Crippen LogP contribution in [0.5, 0.6) is 5.75 Å². The van der Waals surface area contributed by atoms with E-state index in [2.05, 4.69) is 10.3 Å². The average molecular weight is 424 g/mol. The number of aromatic nitrogens is 1. The molecule has 0 saturated carbocycles. The topological polar surface area (TPSA) is 75.0 Å². The van der Waals surface area contributed by atoms with Crippen LogP contribution >= 0.6 is 22.9 Å². The number of rotatable bonds is 7. The number of thiazole rings is 1. The second-order valence-corrected chi connectivity index (χ2v) is 7.35. The monoisotopic (exact) mass is 423 g/mol. The number of ether oxygens (including phenoxy) is 1. The highest BCUT2D eigenvalue weighted by atomic mass is 35.5. The quantitative estimate of drug-likeness (QED) is 0.385. The predicted octanol–water partition coefficient (Wildman–Crippen LogP) is 5.80. The molecule has 1 N–H and O–H groups in total. The van der Waals surface area contributed by atoms with Crippen molar-refractivity contribution in [3.05, 3.63) is 70.1 Å². The third kappa shape index (κ3) is 5.44. The molecule has 0 spiro atoms. The number of nitriles is 1. The zero-order chi connectivity index (χ0) is 20.6. The summed E-state index contributed by atoms with van der Waals surface area (Å²) in [6.45, 7) is 2.57. The maximum atomic E-state index is 12.6. The Morgan fingerprint density at radius 3 is 2.76 bits per heavy atom. The predicted molar refractivity (Wildman–Crippen MR) is 117 cm³/mol. The third-order valence-electron chi connectivity index (χ3n) is 3.91. The molecule has 3 aromatic rings. The molecule has 1 amide bonds. The number of carbonyl (C=O) groups excluding carboxylic acids is 1. The molecule has 146 valence electrons. The Morgan fingerprint density at radius 1 is 1.28 bits per heavy atom. The molecular formula is C22H18ClN3O2S. The van der Waals surface area contributed by atoms with Crippen LogP contribution in [0, 0.1) is 11.3 Å². The lowest BCUT2D eigenvalue weighted by Crippen LogP contribution is -2.13. The SMILES string of the molecule is CCCOc1ccccc1/C=C(\C#N)C(=O)Nc1nc(-c2ccc(Cl)cc2)cs1. The standard InChI is InChI=1S/C22H18ClN3O2S/c1-2-11-28-20-6-4-3-5-16(20)12-17(13-24)21(27)26-22-25-19(14-29-22)15-7-9-18(23)10-8-15/h3-10,12,14H,2,11H2,1H3,(H,25,26,27)/b17-12+. The van der Waals surface area contributed by atoms with E-state index in [1.54, 1.807) is 18.2 Å². The summed E-state index contributed by atoms with van der Waals surface area (Å²) in [5.74, 6) is 0.115. The van der Waals surface area contributed by atoms with Crippen LogP contribution in [0.3, 0.4) is 0 Å². The third-order valence-corrected chi connectivity index (χ3v) is 4.92. The van der Waals surface area contributed by atoms with Gasteiger partial charge in [-0.1, -0.05) is 48.9 Å². The summed E-state index contributed by atoms with van der Waals surface area (Å²) >= 11 is 7.20. The van der Waals surface area contributed by atoms with Crippen molar-refractivity contribution < 1.29 is 9.53 Å². The Hall–Kier alpha value is -3.14. The molecular weight excluding hydrogens is 406 g/mol. The van der Waals surface area contributed by atoms with Crippen molar-refractivity contribution in [1.29, 1.82) is 5.26 Å². The number of anilines is 1. The van der Waals surface area contributed by atoms with Crippen LogP contribution in [0.15, 0.2) is 59.5 Å². The Balaban J connectivity index is 1.77. The first kappa shape index (κ1) is 20.6. The number of para-hydroxylation sites is 1. The van der Waals surface area contributed by atoms with Crippen LogP contribution < -0.4 is 10.1 Å². The highest BCUT2D eigenvalue weighted by Gasteiger charge is 2.14. The number of nitrogens with one attached hydrogen (secondary N) is 1. The molecule has 0 saturated heterocycles. The van der Waals surface area contributed by atoms with Gasteiger partial charge in [0.15, 0.2) is 5.13 Å². The van der Waals surface area contributed by atoms with Crippen molar-refractivity contribution >= 4 is 40.1 Å². The van der Waals surface area contributed by atoms with Gasteiger partial charge in [-0.2, -0.15) is 5.26 Å². The van der Waals surface area contributed by atoms with Gasteiger partial charge < -0.3 is 4.74 Å². The Morgan fingerprint density at radius 2 is 2.03 bits per heavy atom. The normalized spacial score (nSPS) is 11.0. The Bertz CT molecular complexity index is 1070. The van der Waals surface area contributed by atoms with E-state index in [0.717, 1.165) is 17.7 Å². The van der Waals surface area contributed by atoms with Crippen LogP contribution in [0.1, 0.15) is 18.9 Å². The van der Waals surface area contributed by atoms with Gasteiger partial charge in [-0.15, -0.1) is 11.3 Å². The zero-order valence-corrected chi connectivity index (χ0v) is 17.3. The molecule has 5 nitrogen and oxygen atoms in total. The second-order valence-electron chi connectivity index (χ2n) is 6.06. The fraction of sp³-hybridized carbons (Fsp3) is 0.136. The number of amides is 1. The summed E-state index contributed by atoms with van der Waals surface area (Å²) in [6.07, 6.45) is 2.39. The molecule has 1 heterocycles. The van der Waals surface area contributed by atoms with Gasteiger partial charge in [0, 0.05) is 21.5 Å². The maximum Gasteiger partial charge on any atom is 0.268 e. The molecule has 3 rings (SSSR count). The van der Waals surface area contributed by atoms with E-state index in [-0.39, 0.29) is 5.57 Å². The van der Waals surface area contributed by atoms with E-state index in [1.165, 1.54) is 17.4 Å². The van der Waals surface area contributed by atoms with Gasteiger partial charge in [0.25, 0.3) is 5.91 Å². The molecule has 0 atom stereocenters. The number of hydrogen-bond acceptors (Lipinski definition) is 5. The van der Waals surface area contributed by atoms with Crippen LogP contribution in [-0.2, 0) is 4.79 Å². The Kier molecular flexibility index (Phi) is 7.01. The average Bonchev–Trinajstić information content (AvgIpc) is 3.20. The van der Waals surface area contributed by atoms with Crippen LogP contribution in [-0.4, -0.2) is 17.5 Å². The molecule has 1 aromatic heterocycles. The zero-order valence-electron chi connectivity index (χ0n) is 15.7. The first-order valence-electron chi connectivity index (χ1n) is 8.97. The van der Waals surface area contributed by atoms with E-state index in [1.807, 2.05) is 48.7 Å². The van der Waals surface area contributed by atoms with E-state index >= 15 is 0 Å². The van der Waals surface area contributed by atoms with Crippen molar-refractivity contribution in [3.63, 3.8) is 0 Å². The van der Waals surface area contributed by atoms with E-state index in [0.29, 0.717) is 28.1 Å². The molecule has 0 bridgehead atoms. The van der Waals surface area contributed by atoms with E-state index < -0.39 is 5.91 Å². The molecule has 2 aromatic carbocycles. The number of carbonyl (C=O) groups is 1. The van der Waals surface area contributed by atoms with Gasteiger partial charge in [0.05, 0.1) is 12.3 Å². The van der Waals surface area contributed by atoms with Gasteiger partial charge in [-0.25, -0.2) is 4.98 Å². The molecule has 0 aliphatic heterocycles. The van der Waals surface area contributed by atoms with Gasteiger partial charge in [0.2, 0.25) is 0 Å². The number of hydrogen-bond donors (Lipinski definition) is 1. The van der Waals surface area contributed by atoms with Crippen molar-refractivity contribution in [2.24, 2.45) is 0 Å². The van der Waals surface area contributed by atoms with Crippen molar-refractivity contribution in [3.8, 4) is 23.1 Å². The summed E-state index contributed by atoms with van der Waals surface area (Å²) in [4.78, 5) is 17.0. The smallest absolute Gasteiger partial charge is 0.268 e. The number of nitrogens with zero attached hydrogens (tertiary/aromatic N) is 2. The van der Waals surface area contributed by atoms with Gasteiger partial charge >= 0.3 is 0 Å². The minimum Gasteiger partial charge on any atom is -0.493 e. The summed E-state index contributed by atoms with van der Waals surface area (Å²) in [6, 6.07) is 16.5. The first-order valence-corrected chi connectivity index (χ1v) is 10.2. The minimum atomic E-state index is -0.519. The fourth-order valence-corrected chi connectivity index (χ4v) is 3.34. The van der Waals surface area contributed by atoms with Gasteiger partial charge in [0.1, 0.15) is 17.4 Å². The fourth-order valence-electron chi connectivity index (χ4n) is 2.50. The lowest BCUT2D eigenvalue weighted by atomic mass is 10.1. The highest BCUT2D eigenvalue weighted by Crippen LogP contribution is 2.27. The lowest BCUT2D eigenvalue weighted by molar-refractivity contribution is -0.112. The largest absolute Gasteiger partial charge is 0.493 e. The molecule has 0 unspecified atom stereocenters. The van der Waals surface area contributed by atoms with Gasteiger partial charge in [-0.05, 0) is 30.7 Å². The summed E-state index contributed by atoms with van der Waals surface area (Å²) in [5.41, 5.74) is 2.27. The molecule has 0 aliphatic carbocycles. The molecule has 0 radical (unpaired) electrons. The molecule has 0 aliphatic rings. The van der Waals surface area contributed by atoms with Crippen LogP contribution in [0.4, 0.5) is 5.13 Å². The molecule has 29 heavy (non-hydrogen) atoms. The number of benzene rings is 2. The Labute approximate surface area is 178 Å². The van der Waals surface area contributed by atoms with Crippen molar-refractivity contribution in [2.45, 2.75) is 13.3 Å². The van der Waals surface area contributed by atoms with E-state index in [9.17, 15) is 10.1 Å². The lowest BCUT2D eigenvalue weighted by Gasteiger charge is -2.08. The van der Waals surface area contributed by atoms with Gasteiger partial charge in [-0.3, -0.25) is 10.1 Å². The van der Waals surface area contributed by atoms with Crippen LogP contribution in [0.25, 0.3) is 17.3 Å². The van der Waals surface area contributed by atoms with Crippen molar-refractivity contribution in [2.75, 3.05) is 11.9 Å². The maximum absolute atomic E-state index is 12.6. The summed E-state index contributed by atoms with van der Waals surface area (Å²) < 4.78 is 5.69. The number of halogens is 1. The first-order chi connectivity index (χ1) is 14.1. The molecule has 0 fully saturated rings.